The van der Waals surface area contributed by atoms with Crippen LogP contribution in [0.25, 0.3) is 10.9 Å². The molecule has 1 aliphatic carbocycles. The third kappa shape index (κ3) is 5.72. The van der Waals surface area contributed by atoms with E-state index in [9.17, 15) is 9.59 Å². The summed E-state index contributed by atoms with van der Waals surface area (Å²) < 4.78 is 0. The lowest BCUT2D eigenvalue weighted by Crippen LogP contribution is -2.45. The Balaban J connectivity index is 1.24. The van der Waals surface area contributed by atoms with Crippen LogP contribution in [0.5, 0.6) is 0 Å². The van der Waals surface area contributed by atoms with Crippen molar-refractivity contribution < 1.29 is 9.59 Å². The van der Waals surface area contributed by atoms with E-state index in [2.05, 4.69) is 15.2 Å². The SMILES string of the molecule is O=C(CN(C(=O)c1cc2cc(Cl)ccc2[nH]1)c1ccccc1Cl)NCC1CCN(C2CCCC2)CC1. The predicted molar refractivity (Wildman–Crippen MR) is 146 cm³/mol. The summed E-state index contributed by atoms with van der Waals surface area (Å²) in [6.07, 6.45) is 7.57. The van der Waals surface area contributed by atoms with E-state index in [0.717, 1.165) is 42.9 Å². The third-order valence-electron chi connectivity index (χ3n) is 7.58. The molecule has 6 nitrogen and oxygen atoms in total. The zero-order valence-electron chi connectivity index (χ0n) is 20.3. The summed E-state index contributed by atoms with van der Waals surface area (Å²) in [4.78, 5) is 33.8. The van der Waals surface area contributed by atoms with E-state index in [4.69, 9.17) is 23.2 Å². The Morgan fingerprint density at radius 1 is 1.00 bits per heavy atom. The van der Waals surface area contributed by atoms with Gasteiger partial charge >= 0.3 is 0 Å². The number of hydrogen-bond acceptors (Lipinski definition) is 3. The molecule has 1 aliphatic heterocycles. The molecule has 36 heavy (non-hydrogen) atoms. The summed E-state index contributed by atoms with van der Waals surface area (Å²) in [6, 6.07) is 15.0. The second-order valence-electron chi connectivity index (χ2n) is 9.98. The molecule has 0 atom stereocenters. The first-order valence-electron chi connectivity index (χ1n) is 12.8. The number of carbonyl (C=O) groups excluding carboxylic acids is 2. The number of amides is 2. The highest BCUT2D eigenvalue weighted by Crippen LogP contribution is 2.29. The molecule has 0 unspecified atom stereocenters. The molecule has 8 heteroatoms. The van der Waals surface area contributed by atoms with Gasteiger partial charge in [0.1, 0.15) is 12.2 Å². The fraction of sp³-hybridized carbons (Fsp3) is 0.429. The van der Waals surface area contributed by atoms with Crippen molar-refractivity contribution in [2.45, 2.75) is 44.6 Å². The third-order valence-corrected chi connectivity index (χ3v) is 8.14. The van der Waals surface area contributed by atoms with Crippen LogP contribution in [0.3, 0.4) is 0 Å². The number of piperidine rings is 1. The van der Waals surface area contributed by atoms with Crippen molar-refractivity contribution in [3.05, 3.63) is 64.3 Å². The number of halogens is 2. The van der Waals surface area contributed by atoms with Crippen LogP contribution >= 0.6 is 23.2 Å². The molecule has 0 radical (unpaired) electrons. The minimum Gasteiger partial charge on any atom is -0.354 e. The van der Waals surface area contributed by atoms with Crippen molar-refractivity contribution in [1.82, 2.24) is 15.2 Å². The van der Waals surface area contributed by atoms with Gasteiger partial charge in [-0.05, 0) is 81.1 Å². The van der Waals surface area contributed by atoms with E-state index in [1.807, 2.05) is 12.1 Å². The first-order valence-corrected chi connectivity index (χ1v) is 13.6. The number of benzene rings is 2. The van der Waals surface area contributed by atoms with E-state index in [1.54, 1.807) is 36.4 Å². The van der Waals surface area contributed by atoms with Crippen molar-refractivity contribution >= 4 is 51.6 Å². The number of carbonyl (C=O) groups is 2. The van der Waals surface area contributed by atoms with Crippen molar-refractivity contribution in [3.63, 3.8) is 0 Å². The number of aromatic amines is 1. The second-order valence-corrected chi connectivity index (χ2v) is 10.8. The number of nitrogens with one attached hydrogen (secondary N) is 2. The highest BCUT2D eigenvalue weighted by Gasteiger charge is 2.28. The quantitative estimate of drug-likeness (QED) is 0.403. The molecule has 0 bridgehead atoms. The minimum atomic E-state index is -0.324. The number of para-hydroxylation sites is 1. The van der Waals surface area contributed by atoms with E-state index in [-0.39, 0.29) is 18.4 Å². The number of anilines is 1. The average molecular weight is 527 g/mol. The maximum Gasteiger partial charge on any atom is 0.275 e. The lowest BCUT2D eigenvalue weighted by atomic mass is 9.95. The van der Waals surface area contributed by atoms with Gasteiger partial charge in [-0.3, -0.25) is 14.5 Å². The van der Waals surface area contributed by atoms with E-state index in [0.29, 0.717) is 33.9 Å². The fourth-order valence-corrected chi connectivity index (χ4v) is 5.97. The van der Waals surface area contributed by atoms with Gasteiger partial charge < -0.3 is 15.2 Å². The molecule has 0 spiro atoms. The van der Waals surface area contributed by atoms with E-state index >= 15 is 0 Å². The minimum absolute atomic E-state index is 0.112. The highest BCUT2D eigenvalue weighted by atomic mass is 35.5. The topological polar surface area (TPSA) is 68.4 Å². The first kappa shape index (κ1) is 25.1. The van der Waals surface area contributed by atoms with Crippen LogP contribution in [-0.2, 0) is 4.79 Å². The summed E-state index contributed by atoms with van der Waals surface area (Å²) in [6.45, 7) is 2.74. The Morgan fingerprint density at radius 3 is 2.50 bits per heavy atom. The summed E-state index contributed by atoms with van der Waals surface area (Å²) in [7, 11) is 0. The van der Waals surface area contributed by atoms with Crippen LogP contribution in [-0.4, -0.2) is 53.9 Å². The van der Waals surface area contributed by atoms with Crippen LogP contribution in [0.2, 0.25) is 10.0 Å². The van der Waals surface area contributed by atoms with Crippen molar-refractivity contribution in [2.24, 2.45) is 5.92 Å². The molecule has 2 fully saturated rings. The number of aromatic nitrogens is 1. The molecule has 1 saturated heterocycles. The van der Waals surface area contributed by atoms with Crippen LogP contribution in [0.1, 0.15) is 49.0 Å². The Morgan fingerprint density at radius 2 is 1.75 bits per heavy atom. The van der Waals surface area contributed by atoms with Gasteiger partial charge in [-0.2, -0.15) is 0 Å². The number of nitrogens with zero attached hydrogens (tertiary/aromatic N) is 2. The van der Waals surface area contributed by atoms with Gasteiger partial charge in [0, 0.05) is 28.5 Å². The molecule has 2 heterocycles. The van der Waals surface area contributed by atoms with Crippen molar-refractivity contribution in [3.8, 4) is 0 Å². The molecule has 3 aromatic rings. The Labute approximate surface area is 221 Å². The smallest absolute Gasteiger partial charge is 0.275 e. The molecular weight excluding hydrogens is 495 g/mol. The van der Waals surface area contributed by atoms with Crippen molar-refractivity contribution in [1.29, 1.82) is 0 Å². The Hall–Kier alpha value is -2.54. The number of fused-ring (bicyclic) bond motifs is 1. The summed E-state index contributed by atoms with van der Waals surface area (Å²) in [5.74, 6) is -0.0504. The van der Waals surface area contributed by atoms with E-state index in [1.165, 1.54) is 30.6 Å². The van der Waals surface area contributed by atoms with Crippen LogP contribution < -0.4 is 10.2 Å². The fourth-order valence-electron chi connectivity index (χ4n) is 5.55. The first-order chi connectivity index (χ1) is 17.5. The molecule has 2 aromatic carbocycles. The molecule has 2 amide bonds. The van der Waals surface area contributed by atoms with Gasteiger partial charge in [0.25, 0.3) is 5.91 Å². The van der Waals surface area contributed by atoms with Gasteiger partial charge in [-0.1, -0.05) is 48.2 Å². The second kappa shape index (κ2) is 11.2. The summed E-state index contributed by atoms with van der Waals surface area (Å²) in [5, 5.41) is 4.91. The molecule has 190 valence electrons. The maximum atomic E-state index is 13.6. The van der Waals surface area contributed by atoms with Crippen molar-refractivity contribution in [2.75, 3.05) is 31.1 Å². The molecular formula is C28H32Cl2N4O2. The van der Waals surface area contributed by atoms with Gasteiger partial charge in [0.05, 0.1) is 10.7 Å². The number of likely N-dealkylation sites (tertiary alicyclic amines) is 1. The molecule has 1 saturated carbocycles. The average Bonchev–Trinajstić information content (AvgIpc) is 3.57. The van der Waals surface area contributed by atoms with Gasteiger partial charge in [0.15, 0.2) is 0 Å². The predicted octanol–water partition coefficient (Wildman–Crippen LogP) is 5.89. The normalized spacial score (nSPS) is 17.5. The largest absolute Gasteiger partial charge is 0.354 e. The van der Waals surface area contributed by atoms with Gasteiger partial charge in [-0.15, -0.1) is 0 Å². The summed E-state index contributed by atoms with van der Waals surface area (Å²) >= 11 is 12.6. The van der Waals surface area contributed by atoms with E-state index < -0.39 is 0 Å². The maximum absolute atomic E-state index is 13.6. The lowest BCUT2D eigenvalue weighted by Gasteiger charge is -2.36. The standard InChI is InChI=1S/C28H32Cl2N4O2/c29-21-9-10-24-20(15-21)16-25(32-24)28(36)34(26-8-4-3-7-23(26)30)18-27(35)31-17-19-11-13-33(14-12-19)22-5-1-2-6-22/h3-4,7-10,15-16,19,22,32H,1-2,5-6,11-14,17-18H2,(H,31,35). The summed E-state index contributed by atoms with van der Waals surface area (Å²) in [5.41, 5.74) is 1.68. The molecule has 1 aromatic heterocycles. The number of rotatable bonds is 7. The zero-order chi connectivity index (χ0) is 25.1. The Bertz CT molecular complexity index is 1230. The monoisotopic (exact) mass is 526 g/mol. The van der Waals surface area contributed by atoms with Gasteiger partial charge in [0.2, 0.25) is 5.91 Å². The number of H-pyrrole nitrogens is 1. The van der Waals surface area contributed by atoms with Gasteiger partial charge in [-0.25, -0.2) is 0 Å². The van der Waals surface area contributed by atoms with Crippen LogP contribution in [0.4, 0.5) is 5.69 Å². The highest BCUT2D eigenvalue weighted by molar-refractivity contribution is 6.34. The lowest BCUT2D eigenvalue weighted by molar-refractivity contribution is -0.120. The molecule has 5 rings (SSSR count). The number of hydrogen-bond donors (Lipinski definition) is 2. The Kier molecular flexibility index (Phi) is 7.85. The van der Waals surface area contributed by atoms with Crippen LogP contribution in [0.15, 0.2) is 48.5 Å². The molecule has 2 aliphatic rings. The van der Waals surface area contributed by atoms with Crippen LogP contribution in [0, 0.1) is 5.92 Å². The molecule has 2 N–H and O–H groups in total. The zero-order valence-corrected chi connectivity index (χ0v) is 21.8.